The first kappa shape index (κ1) is 13.8. The van der Waals surface area contributed by atoms with Gasteiger partial charge in [-0.15, -0.1) is 0 Å². The maximum Gasteiger partial charge on any atom is 0.225 e. The summed E-state index contributed by atoms with van der Waals surface area (Å²) in [6, 6.07) is 0.301. The number of rotatable bonds is 3. The van der Waals surface area contributed by atoms with E-state index in [-0.39, 0.29) is 12.5 Å². The molecule has 0 aromatic rings. The molecule has 0 spiro atoms. The highest BCUT2D eigenvalue weighted by Crippen LogP contribution is 2.25. The predicted molar refractivity (Wildman–Crippen MR) is 70.0 cm³/mol. The second-order valence-corrected chi connectivity index (χ2v) is 5.50. The Balaban J connectivity index is 1.77. The van der Waals surface area contributed by atoms with Crippen molar-refractivity contribution in [2.24, 2.45) is 11.7 Å². The van der Waals surface area contributed by atoms with Crippen molar-refractivity contribution in [2.45, 2.75) is 31.7 Å². The van der Waals surface area contributed by atoms with Crippen LogP contribution in [0.5, 0.6) is 0 Å². The number of hydrogen-bond donors (Lipinski definition) is 2. The number of aliphatic hydroxyl groups excluding tert-OH is 1. The van der Waals surface area contributed by atoms with Crippen LogP contribution in [0.2, 0.25) is 0 Å². The van der Waals surface area contributed by atoms with E-state index in [1.165, 1.54) is 0 Å². The Kier molecular flexibility index (Phi) is 4.97. The zero-order valence-corrected chi connectivity index (χ0v) is 11.1. The highest BCUT2D eigenvalue weighted by atomic mass is 16.3. The predicted octanol–water partition coefficient (Wildman–Crippen LogP) is -0.360. The van der Waals surface area contributed by atoms with Crippen LogP contribution in [0.4, 0.5) is 0 Å². The maximum absolute atomic E-state index is 12.3. The van der Waals surface area contributed by atoms with Gasteiger partial charge in [-0.05, 0) is 25.7 Å². The minimum Gasteiger partial charge on any atom is -0.395 e. The number of carbonyl (C=O) groups excluding carboxylic acids is 1. The largest absolute Gasteiger partial charge is 0.395 e. The molecular weight excluding hydrogens is 230 g/mol. The maximum atomic E-state index is 12.3. The lowest BCUT2D eigenvalue weighted by Gasteiger charge is -2.37. The Morgan fingerprint density at radius 2 is 1.72 bits per heavy atom. The normalized spacial score (nSPS) is 30.4. The van der Waals surface area contributed by atoms with Crippen LogP contribution in [0, 0.1) is 5.92 Å². The molecule has 5 heteroatoms. The quantitative estimate of drug-likeness (QED) is 0.722. The third kappa shape index (κ3) is 3.43. The number of carbonyl (C=O) groups is 1. The van der Waals surface area contributed by atoms with Crippen molar-refractivity contribution in [2.75, 3.05) is 39.3 Å². The molecule has 2 fully saturated rings. The van der Waals surface area contributed by atoms with Crippen molar-refractivity contribution in [3.63, 3.8) is 0 Å². The third-order valence-corrected chi connectivity index (χ3v) is 4.22. The zero-order valence-electron chi connectivity index (χ0n) is 11.1. The van der Waals surface area contributed by atoms with Gasteiger partial charge in [0.25, 0.3) is 0 Å². The van der Waals surface area contributed by atoms with E-state index in [4.69, 9.17) is 10.8 Å². The molecule has 0 atom stereocenters. The highest BCUT2D eigenvalue weighted by Gasteiger charge is 2.29. The summed E-state index contributed by atoms with van der Waals surface area (Å²) in [5.41, 5.74) is 5.87. The van der Waals surface area contributed by atoms with Crippen molar-refractivity contribution < 1.29 is 9.90 Å². The summed E-state index contributed by atoms with van der Waals surface area (Å²) >= 11 is 0. The van der Waals surface area contributed by atoms with Crippen LogP contribution in [0.3, 0.4) is 0 Å². The fraction of sp³-hybridized carbons (Fsp3) is 0.923. The van der Waals surface area contributed by atoms with Crippen LogP contribution in [-0.4, -0.2) is 66.2 Å². The topological polar surface area (TPSA) is 69.8 Å². The van der Waals surface area contributed by atoms with Crippen molar-refractivity contribution >= 4 is 5.91 Å². The molecule has 1 aliphatic carbocycles. The first-order valence-electron chi connectivity index (χ1n) is 7.08. The van der Waals surface area contributed by atoms with Crippen LogP contribution in [-0.2, 0) is 4.79 Å². The van der Waals surface area contributed by atoms with Crippen LogP contribution < -0.4 is 5.73 Å². The van der Waals surface area contributed by atoms with Gasteiger partial charge in [-0.2, -0.15) is 0 Å². The molecule has 0 radical (unpaired) electrons. The van der Waals surface area contributed by atoms with E-state index in [0.29, 0.717) is 11.9 Å². The molecule has 1 heterocycles. The lowest BCUT2D eigenvalue weighted by Crippen LogP contribution is -2.51. The smallest absolute Gasteiger partial charge is 0.225 e. The lowest BCUT2D eigenvalue weighted by molar-refractivity contribution is -0.138. The Hall–Kier alpha value is -0.650. The molecule has 5 nitrogen and oxygen atoms in total. The number of aliphatic hydroxyl groups is 1. The van der Waals surface area contributed by atoms with E-state index in [9.17, 15) is 4.79 Å². The van der Waals surface area contributed by atoms with Gasteiger partial charge in [0.05, 0.1) is 6.61 Å². The monoisotopic (exact) mass is 255 g/mol. The first-order chi connectivity index (χ1) is 8.70. The Bertz CT molecular complexity index is 269. The Morgan fingerprint density at radius 1 is 1.11 bits per heavy atom. The van der Waals surface area contributed by atoms with Crippen molar-refractivity contribution in [3.8, 4) is 0 Å². The number of nitrogens with zero attached hydrogens (tertiary/aromatic N) is 2. The Labute approximate surface area is 109 Å². The first-order valence-corrected chi connectivity index (χ1v) is 7.08. The van der Waals surface area contributed by atoms with Gasteiger partial charge >= 0.3 is 0 Å². The van der Waals surface area contributed by atoms with E-state index < -0.39 is 0 Å². The lowest BCUT2D eigenvalue weighted by atomic mass is 9.85. The molecule has 1 amide bonds. The van der Waals surface area contributed by atoms with Gasteiger partial charge in [0.15, 0.2) is 0 Å². The minimum atomic E-state index is 0.203. The van der Waals surface area contributed by atoms with Crippen LogP contribution in [0.1, 0.15) is 25.7 Å². The van der Waals surface area contributed by atoms with Gasteiger partial charge in [-0.3, -0.25) is 9.69 Å². The summed E-state index contributed by atoms with van der Waals surface area (Å²) in [5.74, 6) is 0.528. The van der Waals surface area contributed by atoms with E-state index in [0.717, 1.165) is 58.4 Å². The molecular formula is C13H25N3O2. The van der Waals surface area contributed by atoms with Gasteiger partial charge in [0.2, 0.25) is 5.91 Å². The third-order valence-electron chi connectivity index (χ3n) is 4.22. The fourth-order valence-corrected chi connectivity index (χ4v) is 2.96. The van der Waals surface area contributed by atoms with Gasteiger partial charge in [-0.25, -0.2) is 0 Å². The molecule has 18 heavy (non-hydrogen) atoms. The highest BCUT2D eigenvalue weighted by molar-refractivity contribution is 5.79. The molecule has 2 aliphatic rings. The molecule has 1 saturated heterocycles. The summed E-state index contributed by atoms with van der Waals surface area (Å²) in [6.45, 7) is 4.31. The molecule has 0 bridgehead atoms. The summed E-state index contributed by atoms with van der Waals surface area (Å²) < 4.78 is 0. The van der Waals surface area contributed by atoms with Crippen LogP contribution in [0.25, 0.3) is 0 Å². The van der Waals surface area contributed by atoms with Crippen molar-refractivity contribution in [3.05, 3.63) is 0 Å². The molecule has 0 unspecified atom stereocenters. The number of amides is 1. The van der Waals surface area contributed by atoms with E-state index in [2.05, 4.69) is 4.90 Å². The zero-order chi connectivity index (χ0) is 13.0. The minimum absolute atomic E-state index is 0.203. The second-order valence-electron chi connectivity index (χ2n) is 5.50. The molecule has 1 aliphatic heterocycles. The number of piperazine rings is 1. The summed E-state index contributed by atoms with van der Waals surface area (Å²) in [6.07, 6.45) is 3.88. The number of β-amino-alcohol motifs (C(OH)–C–C–N with tert-alkyl or cyclic N) is 1. The number of hydrogen-bond acceptors (Lipinski definition) is 4. The van der Waals surface area contributed by atoms with Crippen molar-refractivity contribution in [1.29, 1.82) is 0 Å². The molecule has 0 aromatic heterocycles. The van der Waals surface area contributed by atoms with Gasteiger partial charge in [0, 0.05) is 44.7 Å². The Morgan fingerprint density at radius 3 is 2.28 bits per heavy atom. The van der Waals surface area contributed by atoms with Crippen molar-refractivity contribution in [1.82, 2.24) is 9.80 Å². The van der Waals surface area contributed by atoms with E-state index >= 15 is 0 Å². The summed E-state index contributed by atoms with van der Waals surface area (Å²) in [7, 11) is 0. The van der Waals surface area contributed by atoms with Gasteiger partial charge < -0.3 is 15.7 Å². The molecule has 0 aromatic carbocycles. The van der Waals surface area contributed by atoms with Gasteiger partial charge in [0.1, 0.15) is 0 Å². The average molecular weight is 255 g/mol. The van der Waals surface area contributed by atoms with Gasteiger partial charge in [-0.1, -0.05) is 0 Å². The molecule has 104 valence electrons. The van der Waals surface area contributed by atoms with Crippen LogP contribution in [0.15, 0.2) is 0 Å². The SMILES string of the molecule is NC1CCC(C(=O)N2CCN(CCO)CC2)CC1. The standard InChI is InChI=1S/C13H25N3O2/c14-12-3-1-11(2-4-12)13(18)16-7-5-15(6-8-16)9-10-17/h11-12,17H,1-10,14H2. The average Bonchev–Trinajstić information content (AvgIpc) is 2.40. The summed E-state index contributed by atoms with van der Waals surface area (Å²) in [4.78, 5) is 16.5. The molecule has 2 rings (SSSR count). The van der Waals surface area contributed by atoms with E-state index in [1.807, 2.05) is 4.90 Å². The second kappa shape index (κ2) is 6.50. The molecule has 3 N–H and O–H groups in total. The molecule has 1 saturated carbocycles. The van der Waals surface area contributed by atoms with Crippen LogP contribution >= 0.6 is 0 Å². The van der Waals surface area contributed by atoms with E-state index in [1.54, 1.807) is 0 Å². The number of nitrogens with two attached hydrogens (primary N) is 1. The summed E-state index contributed by atoms with van der Waals surface area (Å²) in [5, 5.41) is 8.89. The fourth-order valence-electron chi connectivity index (χ4n) is 2.96.